The molecule has 1 aromatic carbocycles. The largest absolute Gasteiger partial charge is 0.481 e. The number of carbonyl (C=O) groups is 1. The fourth-order valence-corrected chi connectivity index (χ4v) is 6.97. The molecule has 2 aromatic rings. The van der Waals surface area contributed by atoms with Gasteiger partial charge in [0, 0.05) is 30.0 Å². The van der Waals surface area contributed by atoms with E-state index < -0.39 is 6.10 Å². The van der Waals surface area contributed by atoms with Crippen molar-refractivity contribution in [3.05, 3.63) is 57.8 Å². The zero-order valence-corrected chi connectivity index (χ0v) is 19.1. The highest BCUT2D eigenvalue weighted by molar-refractivity contribution is 7.08. The van der Waals surface area contributed by atoms with Gasteiger partial charge in [-0.25, -0.2) is 0 Å². The van der Waals surface area contributed by atoms with Crippen molar-refractivity contribution >= 4 is 17.3 Å². The van der Waals surface area contributed by atoms with Crippen molar-refractivity contribution in [2.24, 2.45) is 5.92 Å². The molecule has 0 N–H and O–H groups in total. The lowest BCUT2D eigenvalue weighted by Gasteiger charge is -2.56. The molecule has 1 saturated heterocycles. The van der Waals surface area contributed by atoms with E-state index in [4.69, 9.17) is 18.9 Å². The second-order valence-corrected chi connectivity index (χ2v) is 10.0. The average Bonchev–Trinajstić information content (AvgIpc) is 3.41. The van der Waals surface area contributed by atoms with E-state index in [1.54, 1.807) is 18.4 Å². The first-order chi connectivity index (χ1) is 15.6. The Kier molecular flexibility index (Phi) is 4.82. The number of hydrogen-bond donors (Lipinski definition) is 0. The zero-order valence-electron chi connectivity index (χ0n) is 18.3. The number of esters is 1. The number of ether oxygens (including phenoxy) is 4. The summed E-state index contributed by atoms with van der Waals surface area (Å²) in [5, 5.41) is 3.97. The molecule has 7 heteroatoms. The van der Waals surface area contributed by atoms with Crippen LogP contribution in [0.25, 0.3) is 0 Å². The third kappa shape index (κ3) is 2.87. The van der Waals surface area contributed by atoms with Gasteiger partial charge < -0.3 is 23.8 Å². The topological polar surface area (TPSA) is 57.2 Å². The van der Waals surface area contributed by atoms with E-state index in [2.05, 4.69) is 30.2 Å². The molecule has 6 nitrogen and oxygen atoms in total. The molecule has 168 valence electrons. The summed E-state index contributed by atoms with van der Waals surface area (Å²) in [5.41, 5.74) is 3.36. The number of hydrogen-bond acceptors (Lipinski definition) is 7. The van der Waals surface area contributed by atoms with E-state index in [-0.39, 0.29) is 30.7 Å². The van der Waals surface area contributed by atoms with Gasteiger partial charge in [0.1, 0.15) is 6.10 Å². The number of piperidine rings is 1. The van der Waals surface area contributed by atoms with Crippen LogP contribution in [0.3, 0.4) is 0 Å². The molecule has 0 saturated carbocycles. The summed E-state index contributed by atoms with van der Waals surface area (Å²) in [5.74, 6) is 1.61. The van der Waals surface area contributed by atoms with Crippen LogP contribution in [0.1, 0.15) is 23.1 Å². The Morgan fingerprint density at radius 1 is 1.31 bits per heavy atom. The predicted octanol–water partition coefficient (Wildman–Crippen LogP) is 3.33. The molecule has 5 atom stereocenters. The van der Waals surface area contributed by atoms with Gasteiger partial charge in [0.05, 0.1) is 6.42 Å². The van der Waals surface area contributed by atoms with Crippen molar-refractivity contribution in [1.82, 2.24) is 4.90 Å². The molecule has 2 aliphatic heterocycles. The third-order valence-electron chi connectivity index (χ3n) is 7.64. The normalized spacial score (nSPS) is 31.7. The Labute approximate surface area is 191 Å². The van der Waals surface area contributed by atoms with Gasteiger partial charge in [-0.3, -0.25) is 4.79 Å². The lowest BCUT2D eigenvalue weighted by atomic mass is 9.53. The number of benzene rings is 1. The second-order valence-electron chi connectivity index (χ2n) is 9.23. The van der Waals surface area contributed by atoms with Gasteiger partial charge in [-0.2, -0.15) is 11.3 Å². The summed E-state index contributed by atoms with van der Waals surface area (Å²) in [6, 6.07) is 6.55. The standard InChI is InChI=1S/C25H27NO5S/c1-26-9-8-25-17-4-6-20(30-21(27)11-15-7-10-32-13-15)24(25)31-23-19(29-14-28-2)5-3-16(22(23)25)12-18(17)26/h3-7,10,13,17-18,20,24H,8-9,11-12,14H2,1-2H3/t17-,18+,20-,24-,25-/m0/s1. The number of rotatable bonds is 6. The maximum Gasteiger partial charge on any atom is 0.311 e. The molecule has 2 aliphatic carbocycles. The summed E-state index contributed by atoms with van der Waals surface area (Å²) >= 11 is 1.59. The van der Waals surface area contributed by atoms with Crippen LogP contribution < -0.4 is 9.47 Å². The Balaban J connectivity index is 1.39. The van der Waals surface area contributed by atoms with Gasteiger partial charge in [0.2, 0.25) is 0 Å². The molecule has 2 bridgehead atoms. The van der Waals surface area contributed by atoms with Crippen LogP contribution >= 0.6 is 11.3 Å². The number of nitrogens with zero attached hydrogens (tertiary/aromatic N) is 1. The molecule has 1 spiro atoms. The fourth-order valence-electron chi connectivity index (χ4n) is 6.30. The van der Waals surface area contributed by atoms with E-state index in [9.17, 15) is 4.79 Å². The molecular formula is C25H27NO5S. The van der Waals surface area contributed by atoms with Gasteiger partial charge in [-0.1, -0.05) is 12.1 Å². The summed E-state index contributed by atoms with van der Waals surface area (Å²) in [7, 11) is 3.83. The molecule has 0 radical (unpaired) electrons. The average molecular weight is 454 g/mol. The summed E-state index contributed by atoms with van der Waals surface area (Å²) in [6.45, 7) is 1.16. The van der Waals surface area contributed by atoms with Crippen molar-refractivity contribution in [1.29, 1.82) is 0 Å². The van der Waals surface area contributed by atoms with Crippen molar-refractivity contribution in [3.63, 3.8) is 0 Å². The van der Waals surface area contributed by atoms with E-state index in [0.29, 0.717) is 17.7 Å². The van der Waals surface area contributed by atoms with Crippen LogP contribution in [0.2, 0.25) is 0 Å². The van der Waals surface area contributed by atoms with E-state index in [1.165, 1.54) is 11.1 Å². The molecule has 1 aromatic heterocycles. The fraction of sp³-hybridized carbons (Fsp3) is 0.480. The van der Waals surface area contributed by atoms with Crippen molar-refractivity contribution < 1.29 is 23.7 Å². The summed E-state index contributed by atoms with van der Waals surface area (Å²) in [4.78, 5) is 15.2. The van der Waals surface area contributed by atoms with Crippen molar-refractivity contribution in [2.45, 2.75) is 42.9 Å². The highest BCUT2D eigenvalue weighted by Crippen LogP contribution is 2.62. The Hall–Kier alpha value is -2.35. The Bertz CT molecular complexity index is 1070. The van der Waals surface area contributed by atoms with Crippen molar-refractivity contribution in [3.8, 4) is 11.5 Å². The van der Waals surface area contributed by atoms with E-state index in [0.717, 1.165) is 30.7 Å². The zero-order chi connectivity index (χ0) is 21.9. The number of methoxy groups -OCH3 is 1. The van der Waals surface area contributed by atoms with Crippen LogP contribution in [-0.2, 0) is 32.5 Å². The third-order valence-corrected chi connectivity index (χ3v) is 8.38. The minimum absolute atomic E-state index is 0.166. The number of likely N-dealkylation sites (N-methyl/N-ethyl adjacent to an activating group) is 1. The monoisotopic (exact) mass is 453 g/mol. The minimum atomic E-state index is -0.421. The molecule has 3 heterocycles. The van der Waals surface area contributed by atoms with Gasteiger partial charge in [-0.15, -0.1) is 0 Å². The maximum atomic E-state index is 12.8. The lowest BCUT2D eigenvalue weighted by Crippen LogP contribution is -2.65. The molecule has 4 aliphatic rings. The minimum Gasteiger partial charge on any atom is -0.481 e. The summed E-state index contributed by atoms with van der Waals surface area (Å²) in [6.07, 6.45) is 5.89. The van der Waals surface area contributed by atoms with Gasteiger partial charge in [-0.05, 0) is 66.5 Å². The van der Waals surface area contributed by atoms with Crippen LogP contribution in [0, 0.1) is 5.92 Å². The Morgan fingerprint density at radius 2 is 2.22 bits per heavy atom. The van der Waals surface area contributed by atoms with Crippen LogP contribution in [0.4, 0.5) is 0 Å². The van der Waals surface area contributed by atoms with Crippen LogP contribution in [-0.4, -0.2) is 56.6 Å². The molecule has 32 heavy (non-hydrogen) atoms. The van der Waals surface area contributed by atoms with Crippen LogP contribution in [0.5, 0.6) is 11.5 Å². The van der Waals surface area contributed by atoms with Gasteiger partial charge in [0.15, 0.2) is 24.4 Å². The highest BCUT2D eigenvalue weighted by Gasteiger charge is 2.65. The molecule has 1 fully saturated rings. The van der Waals surface area contributed by atoms with Gasteiger partial charge in [0.25, 0.3) is 0 Å². The first-order valence-corrected chi connectivity index (χ1v) is 12.1. The van der Waals surface area contributed by atoms with Gasteiger partial charge >= 0.3 is 5.97 Å². The molecule has 6 rings (SSSR count). The molecule has 0 amide bonds. The van der Waals surface area contributed by atoms with Crippen molar-refractivity contribution in [2.75, 3.05) is 27.5 Å². The quantitative estimate of drug-likeness (QED) is 0.380. The summed E-state index contributed by atoms with van der Waals surface area (Å²) < 4.78 is 23.7. The Morgan fingerprint density at radius 3 is 3.03 bits per heavy atom. The van der Waals surface area contributed by atoms with E-state index in [1.807, 2.05) is 22.9 Å². The first-order valence-electron chi connectivity index (χ1n) is 11.2. The molecule has 0 unspecified atom stereocenters. The maximum absolute atomic E-state index is 12.8. The second kappa shape index (κ2) is 7.61. The number of carbonyl (C=O) groups excluding carboxylic acids is 1. The SMILES string of the molecule is COCOc1ccc2c3c1O[C@H]1[C@@H](OC(=O)Cc4ccsc4)C=C[C@H]4[C@@H](C2)N(C)CC[C@@]341. The smallest absolute Gasteiger partial charge is 0.311 e. The number of likely N-dealkylation sites (tertiary alicyclic amines) is 1. The highest BCUT2D eigenvalue weighted by atomic mass is 32.1. The predicted molar refractivity (Wildman–Crippen MR) is 120 cm³/mol. The lowest BCUT2D eigenvalue weighted by molar-refractivity contribution is -0.154. The molecular weight excluding hydrogens is 426 g/mol. The number of thiophene rings is 1. The first kappa shape index (κ1) is 20.3. The van der Waals surface area contributed by atoms with E-state index >= 15 is 0 Å². The van der Waals surface area contributed by atoms with Crippen LogP contribution in [0.15, 0.2) is 41.1 Å².